The van der Waals surface area contributed by atoms with E-state index in [0.29, 0.717) is 54.6 Å². The highest BCUT2D eigenvalue weighted by molar-refractivity contribution is 5.97. The van der Waals surface area contributed by atoms with Crippen molar-refractivity contribution in [2.24, 2.45) is 0 Å². The molecule has 0 radical (unpaired) electrons. The highest BCUT2D eigenvalue weighted by atomic mass is 16.5. The summed E-state index contributed by atoms with van der Waals surface area (Å²) >= 11 is 0. The van der Waals surface area contributed by atoms with Gasteiger partial charge in [-0.1, -0.05) is 0 Å². The molecule has 8 heteroatoms. The van der Waals surface area contributed by atoms with Crippen molar-refractivity contribution >= 4 is 17.5 Å². The third-order valence-electron chi connectivity index (χ3n) is 5.40. The topological polar surface area (TPSA) is 71.6 Å². The van der Waals surface area contributed by atoms with Gasteiger partial charge in [-0.25, -0.2) is 0 Å². The molecule has 0 saturated carbocycles. The van der Waals surface area contributed by atoms with Gasteiger partial charge < -0.3 is 28.9 Å². The minimum Gasteiger partial charge on any atom is -0.493 e. The standard InChI is InChI=1S/C23H29N3O5/c1-24(2)18-8-6-16(7-9-18)22(27)25-10-12-26(13-11-25)23(28)17-14-19(29-3)21(31-5)20(15-17)30-4/h6-9,14-15H,10-13H2,1-5H3. The second-order valence-corrected chi connectivity index (χ2v) is 7.44. The summed E-state index contributed by atoms with van der Waals surface area (Å²) in [6.07, 6.45) is 0. The van der Waals surface area contributed by atoms with Gasteiger partial charge >= 0.3 is 0 Å². The number of hydrogen-bond acceptors (Lipinski definition) is 6. The molecule has 8 nitrogen and oxygen atoms in total. The van der Waals surface area contributed by atoms with E-state index in [2.05, 4.69) is 0 Å². The molecule has 0 N–H and O–H groups in total. The number of anilines is 1. The van der Waals surface area contributed by atoms with Crippen molar-refractivity contribution in [3.8, 4) is 17.2 Å². The van der Waals surface area contributed by atoms with Crippen LogP contribution < -0.4 is 19.1 Å². The molecule has 0 atom stereocenters. The SMILES string of the molecule is COc1cc(C(=O)N2CCN(C(=O)c3ccc(N(C)C)cc3)CC2)cc(OC)c1OC. The van der Waals surface area contributed by atoms with Crippen LogP contribution in [0.15, 0.2) is 36.4 Å². The van der Waals surface area contributed by atoms with Gasteiger partial charge in [0.15, 0.2) is 11.5 Å². The molecule has 0 unspecified atom stereocenters. The van der Waals surface area contributed by atoms with Gasteiger partial charge in [-0.3, -0.25) is 9.59 Å². The normalized spacial score (nSPS) is 13.6. The fraction of sp³-hybridized carbons (Fsp3) is 0.391. The van der Waals surface area contributed by atoms with Crippen molar-refractivity contribution in [1.29, 1.82) is 0 Å². The van der Waals surface area contributed by atoms with Crippen molar-refractivity contribution in [2.45, 2.75) is 0 Å². The first-order valence-electron chi connectivity index (χ1n) is 10.1. The molecule has 0 spiro atoms. The molecule has 1 aliphatic heterocycles. The van der Waals surface area contributed by atoms with Gasteiger partial charge in [-0.15, -0.1) is 0 Å². The lowest BCUT2D eigenvalue weighted by Crippen LogP contribution is -2.50. The highest BCUT2D eigenvalue weighted by Gasteiger charge is 2.27. The predicted octanol–water partition coefficient (Wildman–Crippen LogP) is 2.38. The van der Waals surface area contributed by atoms with Crippen molar-refractivity contribution < 1.29 is 23.8 Å². The summed E-state index contributed by atoms with van der Waals surface area (Å²) in [5, 5.41) is 0. The number of rotatable bonds is 6. The van der Waals surface area contributed by atoms with E-state index in [4.69, 9.17) is 14.2 Å². The summed E-state index contributed by atoms with van der Waals surface area (Å²) in [6.45, 7) is 1.86. The summed E-state index contributed by atoms with van der Waals surface area (Å²) < 4.78 is 16.0. The molecule has 31 heavy (non-hydrogen) atoms. The molecule has 0 aromatic heterocycles. The maximum Gasteiger partial charge on any atom is 0.254 e. The molecule has 1 saturated heterocycles. The van der Waals surface area contributed by atoms with Crippen LogP contribution in [0.2, 0.25) is 0 Å². The number of nitrogens with zero attached hydrogens (tertiary/aromatic N) is 3. The Labute approximate surface area is 182 Å². The molecule has 1 heterocycles. The van der Waals surface area contributed by atoms with Gasteiger partial charge in [0.1, 0.15) is 0 Å². The van der Waals surface area contributed by atoms with Crippen LogP contribution in [0.4, 0.5) is 5.69 Å². The number of methoxy groups -OCH3 is 3. The van der Waals surface area contributed by atoms with E-state index in [1.165, 1.54) is 21.3 Å². The van der Waals surface area contributed by atoms with Gasteiger partial charge in [-0.2, -0.15) is 0 Å². The van der Waals surface area contributed by atoms with Crippen LogP contribution in [0, 0.1) is 0 Å². The fourth-order valence-electron chi connectivity index (χ4n) is 3.58. The number of carbonyl (C=O) groups excluding carboxylic acids is 2. The monoisotopic (exact) mass is 427 g/mol. The maximum atomic E-state index is 13.0. The minimum atomic E-state index is -0.137. The maximum absolute atomic E-state index is 13.0. The first kappa shape index (κ1) is 22.3. The van der Waals surface area contributed by atoms with Crippen LogP contribution in [0.3, 0.4) is 0 Å². The lowest BCUT2D eigenvalue weighted by molar-refractivity contribution is 0.0535. The van der Waals surface area contributed by atoms with Crippen molar-refractivity contribution in [3.05, 3.63) is 47.5 Å². The van der Waals surface area contributed by atoms with Gasteiger partial charge in [0.2, 0.25) is 5.75 Å². The Morgan fingerprint density at radius 3 is 1.58 bits per heavy atom. The minimum absolute atomic E-state index is 0.0230. The summed E-state index contributed by atoms with van der Waals surface area (Å²) in [4.78, 5) is 31.4. The largest absolute Gasteiger partial charge is 0.493 e. The van der Waals surface area contributed by atoms with Crippen molar-refractivity contribution in [1.82, 2.24) is 9.80 Å². The average Bonchev–Trinajstić information content (AvgIpc) is 2.82. The van der Waals surface area contributed by atoms with Crippen LogP contribution in [0.5, 0.6) is 17.2 Å². The number of carbonyl (C=O) groups is 2. The Morgan fingerprint density at radius 1 is 0.742 bits per heavy atom. The zero-order valence-corrected chi connectivity index (χ0v) is 18.7. The first-order valence-corrected chi connectivity index (χ1v) is 10.1. The molecule has 2 aromatic carbocycles. The summed E-state index contributed by atoms with van der Waals surface area (Å²) in [7, 11) is 8.47. The summed E-state index contributed by atoms with van der Waals surface area (Å²) in [6, 6.07) is 10.8. The Balaban J connectivity index is 1.68. The lowest BCUT2D eigenvalue weighted by Gasteiger charge is -2.35. The third kappa shape index (κ3) is 4.68. The van der Waals surface area contributed by atoms with Crippen LogP contribution >= 0.6 is 0 Å². The molecule has 0 aliphatic carbocycles. The van der Waals surface area contributed by atoms with Gasteiger partial charge in [-0.05, 0) is 36.4 Å². The molecule has 1 fully saturated rings. The molecule has 2 amide bonds. The number of hydrogen-bond donors (Lipinski definition) is 0. The third-order valence-corrected chi connectivity index (χ3v) is 5.40. The number of amides is 2. The molecule has 3 rings (SSSR count). The second kappa shape index (κ2) is 9.59. The van der Waals surface area contributed by atoms with E-state index in [1.54, 1.807) is 21.9 Å². The Hall–Kier alpha value is -3.42. The Morgan fingerprint density at radius 2 is 1.19 bits per heavy atom. The summed E-state index contributed by atoms with van der Waals surface area (Å²) in [5.41, 5.74) is 2.14. The van der Waals surface area contributed by atoms with Gasteiger partial charge in [0.05, 0.1) is 21.3 Å². The zero-order chi connectivity index (χ0) is 22.5. The Bertz CT molecular complexity index is 910. The molecular weight excluding hydrogens is 398 g/mol. The van der Waals surface area contributed by atoms with Gasteiger partial charge in [0, 0.05) is 57.1 Å². The first-order chi connectivity index (χ1) is 14.9. The quantitative estimate of drug-likeness (QED) is 0.705. The lowest BCUT2D eigenvalue weighted by atomic mass is 10.1. The van der Waals surface area contributed by atoms with Crippen LogP contribution in [0.25, 0.3) is 0 Å². The van der Waals surface area contributed by atoms with E-state index in [0.717, 1.165) is 5.69 Å². The highest BCUT2D eigenvalue weighted by Crippen LogP contribution is 2.38. The summed E-state index contributed by atoms with van der Waals surface area (Å²) in [5.74, 6) is 1.14. The fourth-order valence-corrected chi connectivity index (χ4v) is 3.58. The van der Waals surface area contributed by atoms with E-state index < -0.39 is 0 Å². The molecular formula is C23H29N3O5. The van der Waals surface area contributed by atoms with Gasteiger partial charge in [0.25, 0.3) is 11.8 Å². The predicted molar refractivity (Wildman–Crippen MR) is 119 cm³/mol. The van der Waals surface area contributed by atoms with E-state index in [1.807, 2.05) is 43.3 Å². The van der Waals surface area contributed by atoms with Crippen LogP contribution in [-0.4, -0.2) is 83.2 Å². The Kier molecular flexibility index (Phi) is 6.89. The molecule has 0 bridgehead atoms. The van der Waals surface area contributed by atoms with Crippen LogP contribution in [0.1, 0.15) is 20.7 Å². The van der Waals surface area contributed by atoms with Crippen LogP contribution in [-0.2, 0) is 0 Å². The zero-order valence-electron chi connectivity index (χ0n) is 18.7. The number of ether oxygens (including phenoxy) is 3. The van der Waals surface area contributed by atoms with Crippen molar-refractivity contribution in [2.75, 3.05) is 66.5 Å². The molecule has 2 aromatic rings. The van der Waals surface area contributed by atoms with E-state index in [-0.39, 0.29) is 11.8 Å². The smallest absolute Gasteiger partial charge is 0.254 e. The number of benzene rings is 2. The van der Waals surface area contributed by atoms with E-state index in [9.17, 15) is 9.59 Å². The molecule has 1 aliphatic rings. The molecule has 166 valence electrons. The second-order valence-electron chi connectivity index (χ2n) is 7.44. The van der Waals surface area contributed by atoms with Crippen molar-refractivity contribution in [3.63, 3.8) is 0 Å². The van der Waals surface area contributed by atoms with E-state index >= 15 is 0 Å². The number of piperazine rings is 1. The average molecular weight is 428 g/mol.